The number of halogens is 2. The molecule has 4 unspecified atom stereocenters. The summed E-state index contributed by atoms with van der Waals surface area (Å²) in [5.41, 5.74) is 0. The number of allylic oxidation sites excluding steroid dienone is 4. The summed E-state index contributed by atoms with van der Waals surface area (Å²) in [5, 5.41) is 0. The molecule has 0 heterocycles. The van der Waals surface area contributed by atoms with Gasteiger partial charge in [-0.3, -0.25) is 12.2 Å². The Morgan fingerprint density at radius 3 is 2.77 bits per heavy atom. The van der Waals surface area contributed by atoms with Gasteiger partial charge in [-0.15, -0.1) is 0 Å². The molecule has 0 aromatic carbocycles. The Morgan fingerprint density at radius 2 is 2.08 bits per heavy atom. The molecule has 0 radical (unpaired) electrons. The van der Waals surface area contributed by atoms with Crippen LogP contribution in [0.1, 0.15) is 12.8 Å². The average Bonchev–Trinajstić information content (AvgIpc) is 2.79. The number of hydrogen-bond acceptors (Lipinski definition) is 0. The Hall–Kier alpha value is 0.748. The van der Waals surface area contributed by atoms with E-state index in [-0.39, 0.29) is 0 Å². The van der Waals surface area contributed by atoms with Crippen molar-refractivity contribution in [1.82, 2.24) is 0 Å². The zero-order chi connectivity index (χ0) is 9.26. The van der Waals surface area contributed by atoms with Gasteiger partial charge in [0.25, 0.3) is 0 Å². The third-order valence-electron chi connectivity index (χ3n) is 3.20. The van der Waals surface area contributed by atoms with Crippen LogP contribution in [0.4, 0.5) is 0 Å². The second-order valence-corrected chi connectivity index (χ2v) is 6.96. The predicted molar refractivity (Wildman–Crippen MR) is 50.5 cm³/mol. The fraction of sp³-hybridized carbons (Fsp3) is 0.600. The van der Waals surface area contributed by atoms with Crippen LogP contribution in [0.5, 0.6) is 0 Å². The van der Waals surface area contributed by atoms with Crippen molar-refractivity contribution in [3.8, 4) is 0 Å². The summed E-state index contributed by atoms with van der Waals surface area (Å²) < 4.78 is 0. The molecule has 2 bridgehead atoms. The van der Waals surface area contributed by atoms with Crippen LogP contribution >= 0.6 is 18.8 Å². The van der Waals surface area contributed by atoms with Crippen LogP contribution in [-0.2, 0) is 16.5 Å². The first-order valence-corrected chi connectivity index (χ1v) is 9.99. The summed E-state index contributed by atoms with van der Waals surface area (Å²) >= 11 is -0.472. The Labute approximate surface area is 95.8 Å². The van der Waals surface area contributed by atoms with Crippen LogP contribution in [0.3, 0.4) is 0 Å². The summed E-state index contributed by atoms with van der Waals surface area (Å²) in [7, 11) is 9.75. The fourth-order valence-electron chi connectivity index (χ4n) is 2.69. The van der Waals surface area contributed by atoms with E-state index in [1.165, 1.54) is 12.8 Å². The second-order valence-electron chi connectivity index (χ2n) is 3.68. The van der Waals surface area contributed by atoms with Gasteiger partial charge in [0.05, 0.1) is 0 Å². The van der Waals surface area contributed by atoms with Crippen molar-refractivity contribution >= 4 is 18.8 Å². The van der Waals surface area contributed by atoms with Gasteiger partial charge >= 0.3 is 35.3 Å². The third-order valence-corrected chi connectivity index (χ3v) is 3.20. The Bertz CT molecular complexity index is 237. The summed E-state index contributed by atoms with van der Waals surface area (Å²) in [4.78, 5) is 0. The van der Waals surface area contributed by atoms with E-state index in [2.05, 4.69) is 24.3 Å². The minimum atomic E-state index is -0.472. The van der Waals surface area contributed by atoms with Crippen molar-refractivity contribution in [2.45, 2.75) is 12.8 Å². The SMILES string of the molecule is [C-]1=CCC2C3C=[C-]C(C3)C12.[Cl][Pt+2][Cl]. The Balaban J connectivity index is 0.000000196. The van der Waals surface area contributed by atoms with E-state index >= 15 is 0 Å². The van der Waals surface area contributed by atoms with Crippen molar-refractivity contribution in [2.75, 3.05) is 0 Å². The van der Waals surface area contributed by atoms with Gasteiger partial charge in [0.2, 0.25) is 0 Å². The molecule has 4 atom stereocenters. The van der Waals surface area contributed by atoms with E-state index in [4.69, 9.17) is 18.8 Å². The molecule has 0 N–H and O–H groups in total. The topological polar surface area (TPSA) is 0 Å². The Morgan fingerprint density at radius 1 is 1.31 bits per heavy atom. The molecule has 0 aliphatic heterocycles. The monoisotopic (exact) mass is 395 g/mol. The van der Waals surface area contributed by atoms with Crippen LogP contribution in [0.2, 0.25) is 0 Å². The van der Waals surface area contributed by atoms with E-state index in [9.17, 15) is 0 Å². The van der Waals surface area contributed by atoms with Crippen LogP contribution < -0.4 is 0 Å². The average molecular weight is 396 g/mol. The van der Waals surface area contributed by atoms with Crippen LogP contribution in [-0.4, -0.2) is 0 Å². The summed E-state index contributed by atoms with van der Waals surface area (Å²) in [6.07, 6.45) is 14.0. The van der Waals surface area contributed by atoms with Crippen LogP contribution in [0.25, 0.3) is 0 Å². The van der Waals surface area contributed by atoms with Crippen molar-refractivity contribution in [2.24, 2.45) is 23.7 Å². The van der Waals surface area contributed by atoms with Crippen molar-refractivity contribution < 1.29 is 16.5 Å². The zero-order valence-electron chi connectivity index (χ0n) is 6.95. The van der Waals surface area contributed by atoms with E-state index in [0.29, 0.717) is 0 Å². The quantitative estimate of drug-likeness (QED) is 0.551. The summed E-state index contributed by atoms with van der Waals surface area (Å²) in [5.74, 6) is 3.29. The van der Waals surface area contributed by atoms with E-state index < -0.39 is 16.5 Å². The molecule has 0 spiro atoms. The molecule has 0 amide bonds. The maximum atomic E-state index is 4.88. The molecule has 3 rings (SSSR count). The summed E-state index contributed by atoms with van der Waals surface area (Å²) in [6.45, 7) is 0. The standard InChI is InChI=1S/C10H10.2ClH.Pt/c1-2-9-7-4-5-8(6-7)10(9)3-1;;;/h1,4,7-10H,2,6H2;2*1H;/q-2;;;+4/p-2. The Kier molecular flexibility index (Phi) is 3.57. The second kappa shape index (κ2) is 4.51. The zero-order valence-corrected chi connectivity index (χ0v) is 10.7. The van der Waals surface area contributed by atoms with E-state index in [1.54, 1.807) is 0 Å². The fourth-order valence-corrected chi connectivity index (χ4v) is 2.69. The third kappa shape index (κ3) is 1.91. The van der Waals surface area contributed by atoms with Crippen LogP contribution in [0.15, 0.2) is 12.2 Å². The molecular weight excluding hydrogens is 386 g/mol. The van der Waals surface area contributed by atoms with E-state index in [1.807, 2.05) is 0 Å². The normalized spacial score (nSPS) is 43.5. The number of hydrogen-bond donors (Lipinski definition) is 0. The minimum absolute atomic E-state index is 0.472. The molecule has 3 heteroatoms. The van der Waals surface area contributed by atoms with Crippen molar-refractivity contribution in [3.05, 3.63) is 24.3 Å². The van der Waals surface area contributed by atoms with Gasteiger partial charge < -0.3 is 12.2 Å². The molecule has 3 aliphatic rings. The molecule has 74 valence electrons. The summed E-state index contributed by atoms with van der Waals surface area (Å²) in [6, 6.07) is 0. The predicted octanol–water partition coefficient (Wildman–Crippen LogP) is 3.37. The molecule has 0 aromatic heterocycles. The van der Waals surface area contributed by atoms with Gasteiger partial charge in [0, 0.05) is 0 Å². The van der Waals surface area contributed by atoms with Crippen molar-refractivity contribution in [3.63, 3.8) is 0 Å². The first-order chi connectivity index (χ1) is 6.36. The molecular formula is C10H10Cl2Pt. The molecule has 1 fully saturated rings. The van der Waals surface area contributed by atoms with Gasteiger partial charge in [-0.1, -0.05) is 24.7 Å². The first kappa shape index (κ1) is 10.3. The molecule has 0 saturated heterocycles. The van der Waals surface area contributed by atoms with Crippen molar-refractivity contribution in [1.29, 1.82) is 0 Å². The van der Waals surface area contributed by atoms with Gasteiger partial charge in [0.1, 0.15) is 0 Å². The molecule has 1 saturated carbocycles. The molecule has 3 aliphatic carbocycles. The number of rotatable bonds is 0. The van der Waals surface area contributed by atoms with E-state index in [0.717, 1.165) is 23.7 Å². The van der Waals surface area contributed by atoms with Crippen LogP contribution in [0, 0.1) is 35.8 Å². The maximum absolute atomic E-state index is 4.88. The van der Waals surface area contributed by atoms with Gasteiger partial charge in [-0.25, -0.2) is 0 Å². The van der Waals surface area contributed by atoms with Gasteiger partial charge in [0.15, 0.2) is 0 Å². The van der Waals surface area contributed by atoms with Gasteiger partial charge in [-0.2, -0.15) is 11.8 Å². The van der Waals surface area contributed by atoms with Gasteiger partial charge in [-0.05, 0) is 0 Å². The molecule has 13 heavy (non-hydrogen) atoms. The number of fused-ring (bicyclic) bond motifs is 5. The first-order valence-electron chi connectivity index (χ1n) is 4.36. The molecule has 0 aromatic rings. The molecule has 0 nitrogen and oxygen atoms in total.